The van der Waals surface area contributed by atoms with Gasteiger partial charge in [-0.15, -0.1) is 0 Å². The maximum absolute atomic E-state index is 12.6. The third kappa shape index (κ3) is 1.78. The minimum Gasteiger partial charge on any atom is -0.426 e. The second kappa shape index (κ2) is 4.51. The Hall–Kier alpha value is -0.585. The quantitative estimate of drug-likeness (QED) is 0.571. The van der Waals surface area contributed by atoms with Gasteiger partial charge >= 0.3 is 7.12 Å². The van der Waals surface area contributed by atoms with Crippen LogP contribution in [0.25, 0.3) is 0 Å². The van der Waals surface area contributed by atoms with Gasteiger partial charge in [0, 0.05) is 12.6 Å². The lowest BCUT2D eigenvalue weighted by Crippen LogP contribution is -2.52. The van der Waals surface area contributed by atoms with Crippen molar-refractivity contribution in [1.82, 2.24) is 4.90 Å². The number of hydrogen-bond acceptors (Lipinski definition) is 4. The molecule has 2 aliphatic carbocycles. The molecule has 0 aromatic rings. The largest absolute Gasteiger partial charge is 0.475 e. The molecular weight excluding hydrogens is 231 g/mol. The fourth-order valence-electron chi connectivity index (χ4n) is 4.27. The van der Waals surface area contributed by atoms with E-state index in [0.717, 1.165) is 25.7 Å². The molecule has 0 aromatic carbocycles. The Morgan fingerprint density at radius 1 is 1.22 bits per heavy atom. The smallest absolute Gasteiger partial charge is 0.426 e. The summed E-state index contributed by atoms with van der Waals surface area (Å²) in [5.41, 5.74) is 6.18. The molecule has 1 amide bonds. The van der Waals surface area contributed by atoms with Crippen LogP contribution in [-0.2, 0) is 4.79 Å². The molecule has 0 radical (unpaired) electrons. The summed E-state index contributed by atoms with van der Waals surface area (Å²) in [6.07, 6.45) is 4.87. The van der Waals surface area contributed by atoms with Gasteiger partial charge in [-0.1, -0.05) is 0 Å². The van der Waals surface area contributed by atoms with Crippen molar-refractivity contribution in [3.05, 3.63) is 0 Å². The van der Waals surface area contributed by atoms with Crippen LogP contribution in [-0.4, -0.2) is 46.5 Å². The zero-order chi connectivity index (χ0) is 12.9. The molecular formula is C12H21BN2O3. The molecule has 1 aliphatic heterocycles. The van der Waals surface area contributed by atoms with Gasteiger partial charge in [-0.2, -0.15) is 0 Å². The van der Waals surface area contributed by atoms with Crippen LogP contribution >= 0.6 is 0 Å². The van der Waals surface area contributed by atoms with Gasteiger partial charge in [0.25, 0.3) is 0 Å². The fraction of sp³-hybridized carbons (Fsp3) is 0.917. The molecule has 3 aliphatic rings. The van der Waals surface area contributed by atoms with Gasteiger partial charge in [-0.05, 0) is 43.9 Å². The molecule has 100 valence electrons. The van der Waals surface area contributed by atoms with Crippen molar-refractivity contribution >= 4 is 13.0 Å². The molecule has 18 heavy (non-hydrogen) atoms. The zero-order valence-electron chi connectivity index (χ0n) is 10.5. The summed E-state index contributed by atoms with van der Waals surface area (Å²) in [4.78, 5) is 14.2. The number of nitrogens with zero attached hydrogens (tertiary/aromatic N) is 1. The Morgan fingerprint density at radius 3 is 2.56 bits per heavy atom. The first kappa shape index (κ1) is 12.4. The zero-order valence-corrected chi connectivity index (χ0v) is 10.5. The van der Waals surface area contributed by atoms with Crippen LogP contribution in [0, 0.1) is 17.8 Å². The molecule has 1 saturated heterocycles. The second-order valence-electron chi connectivity index (χ2n) is 6.09. The molecule has 3 fully saturated rings. The first-order chi connectivity index (χ1) is 8.59. The highest BCUT2D eigenvalue weighted by Gasteiger charge is 2.51. The summed E-state index contributed by atoms with van der Waals surface area (Å²) in [5.74, 6) is 0.482. The highest BCUT2D eigenvalue weighted by atomic mass is 16.4. The molecule has 0 spiro atoms. The van der Waals surface area contributed by atoms with Crippen LogP contribution in [0.3, 0.4) is 0 Å². The van der Waals surface area contributed by atoms with E-state index < -0.39 is 13.1 Å². The van der Waals surface area contributed by atoms with Gasteiger partial charge in [0.2, 0.25) is 5.91 Å². The van der Waals surface area contributed by atoms with E-state index in [1.165, 1.54) is 0 Å². The Balaban J connectivity index is 1.74. The maximum atomic E-state index is 12.6. The van der Waals surface area contributed by atoms with E-state index in [1.807, 2.05) is 0 Å². The third-order valence-electron chi connectivity index (χ3n) is 5.19. The Labute approximate surface area is 107 Å². The molecule has 4 N–H and O–H groups in total. The van der Waals surface area contributed by atoms with Crippen LogP contribution in [0.15, 0.2) is 0 Å². The van der Waals surface area contributed by atoms with Crippen LogP contribution in [0.4, 0.5) is 0 Å². The van der Waals surface area contributed by atoms with Gasteiger partial charge in [-0.3, -0.25) is 4.79 Å². The lowest BCUT2D eigenvalue weighted by molar-refractivity contribution is -0.137. The number of fused-ring (bicyclic) bond motifs is 2. The number of nitrogens with two attached hydrogens (primary N) is 1. The first-order valence-electron chi connectivity index (χ1n) is 7.02. The predicted octanol–water partition coefficient (Wildman–Crippen LogP) is -0.637. The average Bonchev–Trinajstić information content (AvgIpc) is 3.03. The number of hydrogen-bond donors (Lipinski definition) is 3. The minimum absolute atomic E-state index is 0.0201. The summed E-state index contributed by atoms with van der Waals surface area (Å²) < 4.78 is 0. The van der Waals surface area contributed by atoms with E-state index in [1.54, 1.807) is 4.90 Å². The molecule has 5 nitrogen and oxygen atoms in total. The molecule has 0 unspecified atom stereocenters. The monoisotopic (exact) mass is 252 g/mol. The van der Waals surface area contributed by atoms with Crippen molar-refractivity contribution in [2.24, 2.45) is 23.5 Å². The van der Waals surface area contributed by atoms with Gasteiger partial charge in [0.1, 0.15) is 0 Å². The van der Waals surface area contributed by atoms with Crippen molar-refractivity contribution in [3.63, 3.8) is 0 Å². The Morgan fingerprint density at radius 2 is 1.94 bits per heavy atom. The minimum atomic E-state index is -1.42. The van der Waals surface area contributed by atoms with E-state index >= 15 is 0 Å². The van der Waals surface area contributed by atoms with E-state index in [4.69, 9.17) is 5.73 Å². The molecule has 0 aromatic heterocycles. The third-order valence-corrected chi connectivity index (χ3v) is 5.19. The van der Waals surface area contributed by atoms with E-state index in [0.29, 0.717) is 24.8 Å². The van der Waals surface area contributed by atoms with Crippen molar-refractivity contribution in [2.75, 3.05) is 6.54 Å². The van der Waals surface area contributed by atoms with E-state index in [2.05, 4.69) is 0 Å². The van der Waals surface area contributed by atoms with Crippen LogP contribution < -0.4 is 5.73 Å². The summed E-state index contributed by atoms with van der Waals surface area (Å²) in [6.45, 7) is 0.641. The van der Waals surface area contributed by atoms with Crippen LogP contribution in [0.1, 0.15) is 32.1 Å². The van der Waals surface area contributed by atoms with Gasteiger partial charge < -0.3 is 20.7 Å². The summed E-state index contributed by atoms with van der Waals surface area (Å²) in [6, 6.07) is -0.0201. The molecule has 6 heteroatoms. The molecule has 3 rings (SSSR count). The second-order valence-corrected chi connectivity index (χ2v) is 6.09. The highest BCUT2D eigenvalue weighted by molar-refractivity contribution is 6.43. The number of rotatable bonds is 2. The fourth-order valence-corrected chi connectivity index (χ4v) is 4.27. The molecule has 2 saturated carbocycles. The standard InChI is InChI=1S/C12H21BN2O3/c14-11-8-4-3-7(6-8)10(11)12(16)15-5-1-2-9(15)13(17)18/h7-11,17-18H,1-6,14H2/t7-,8-,9-,10-,11+/m0/s1. The highest BCUT2D eigenvalue weighted by Crippen LogP contribution is 2.48. The normalized spacial score (nSPS) is 42.6. The molecule has 2 bridgehead atoms. The van der Waals surface area contributed by atoms with E-state index in [9.17, 15) is 14.8 Å². The van der Waals surface area contributed by atoms with Gasteiger partial charge in [-0.25, -0.2) is 0 Å². The van der Waals surface area contributed by atoms with Gasteiger partial charge in [0.05, 0.1) is 11.9 Å². The number of carbonyl (C=O) groups excluding carboxylic acids is 1. The van der Waals surface area contributed by atoms with Crippen LogP contribution in [0.2, 0.25) is 0 Å². The first-order valence-corrected chi connectivity index (χ1v) is 7.02. The maximum Gasteiger partial charge on any atom is 0.475 e. The summed E-state index contributed by atoms with van der Waals surface area (Å²) >= 11 is 0. The molecule has 5 atom stereocenters. The predicted molar refractivity (Wildman–Crippen MR) is 67.2 cm³/mol. The Bertz CT molecular complexity index is 350. The van der Waals surface area contributed by atoms with Crippen molar-refractivity contribution in [3.8, 4) is 0 Å². The van der Waals surface area contributed by atoms with Crippen molar-refractivity contribution < 1.29 is 14.8 Å². The Kier molecular flexibility index (Phi) is 3.12. The lowest BCUT2D eigenvalue weighted by atomic mass is 9.76. The van der Waals surface area contributed by atoms with E-state index in [-0.39, 0.29) is 17.9 Å². The SMILES string of the molecule is N[C@@H]1[C@H]2CC[C@@H](C2)[C@@H]1C(=O)N1CCC[C@H]1B(O)O. The molecule has 1 heterocycles. The number of carbonyl (C=O) groups is 1. The topological polar surface area (TPSA) is 86.8 Å². The number of likely N-dealkylation sites (tertiary alicyclic amines) is 1. The van der Waals surface area contributed by atoms with Crippen molar-refractivity contribution in [2.45, 2.75) is 44.1 Å². The van der Waals surface area contributed by atoms with Gasteiger partial charge in [0.15, 0.2) is 0 Å². The number of amides is 1. The van der Waals surface area contributed by atoms with Crippen molar-refractivity contribution in [1.29, 1.82) is 0 Å². The summed E-state index contributed by atoms with van der Waals surface area (Å²) in [7, 11) is -1.42. The average molecular weight is 252 g/mol. The summed E-state index contributed by atoms with van der Waals surface area (Å²) in [5, 5.41) is 18.7. The van der Waals surface area contributed by atoms with Crippen LogP contribution in [0.5, 0.6) is 0 Å². The lowest BCUT2D eigenvalue weighted by Gasteiger charge is -2.33.